The Kier molecular flexibility index (Phi) is 7.02. The number of anilines is 1. The number of hydrogen-bond donors (Lipinski definition) is 1. The van der Waals surface area contributed by atoms with Crippen LogP contribution in [0.4, 0.5) is 10.5 Å². The van der Waals surface area contributed by atoms with E-state index in [0.29, 0.717) is 5.17 Å². The predicted molar refractivity (Wildman–Crippen MR) is 127 cm³/mol. The molecular weight excluding hydrogens is 541 g/mol. The molecule has 0 spiro atoms. The molecule has 2 aliphatic heterocycles. The van der Waals surface area contributed by atoms with E-state index in [9.17, 15) is 18.0 Å². The zero-order valence-corrected chi connectivity index (χ0v) is 20.7. The largest absolute Gasteiger partial charge is 0.444 e. The van der Waals surface area contributed by atoms with Crippen molar-refractivity contribution in [2.45, 2.75) is 44.1 Å². The van der Waals surface area contributed by atoms with Gasteiger partial charge in [-0.25, -0.2) is 13.2 Å². The van der Waals surface area contributed by atoms with E-state index in [1.165, 1.54) is 11.8 Å². The Balaban J connectivity index is 1.71. The van der Waals surface area contributed by atoms with Gasteiger partial charge in [-0.3, -0.25) is 4.79 Å². The molecule has 164 valence electrons. The zero-order chi connectivity index (χ0) is 22.1. The number of benzene rings is 1. The Bertz CT molecular complexity index is 975. The van der Waals surface area contributed by atoms with Crippen LogP contribution in [0.5, 0.6) is 0 Å². The maximum absolute atomic E-state index is 12.4. The molecule has 1 aromatic carbocycles. The average molecular weight is 565 g/mol. The van der Waals surface area contributed by atoms with Gasteiger partial charge in [0.2, 0.25) is 5.91 Å². The van der Waals surface area contributed by atoms with Crippen LogP contribution in [0.25, 0.3) is 0 Å². The second-order valence-electron chi connectivity index (χ2n) is 8.12. The van der Waals surface area contributed by atoms with Crippen LogP contribution in [-0.4, -0.2) is 60.5 Å². The lowest BCUT2D eigenvalue weighted by molar-refractivity contribution is -0.117. The molecule has 0 aliphatic carbocycles. The van der Waals surface area contributed by atoms with Crippen molar-refractivity contribution in [1.29, 1.82) is 0 Å². The van der Waals surface area contributed by atoms with E-state index >= 15 is 0 Å². The van der Waals surface area contributed by atoms with Crippen molar-refractivity contribution in [2.75, 3.05) is 23.0 Å². The normalized spacial score (nSPS) is 24.0. The minimum absolute atomic E-state index is 0.0249. The van der Waals surface area contributed by atoms with Crippen LogP contribution < -0.4 is 10.2 Å². The van der Waals surface area contributed by atoms with Gasteiger partial charge < -0.3 is 15.0 Å². The molecule has 0 saturated carbocycles. The van der Waals surface area contributed by atoms with Crippen LogP contribution in [0.2, 0.25) is 0 Å². The minimum atomic E-state index is -3.11. The number of fused-ring (bicyclic) bond motifs is 1. The minimum Gasteiger partial charge on any atom is -0.444 e. The maximum atomic E-state index is 12.4. The average Bonchev–Trinajstić information content (AvgIpc) is 3.03. The molecule has 2 amide bonds. The number of ether oxygens (including phenoxy) is 1. The van der Waals surface area contributed by atoms with Crippen molar-refractivity contribution in [2.24, 2.45) is 4.99 Å². The number of hydrogen-bond acceptors (Lipinski definition) is 6. The number of carbonyl (C=O) groups is 2. The van der Waals surface area contributed by atoms with E-state index in [1.54, 1.807) is 20.8 Å². The number of sulfone groups is 1. The highest BCUT2D eigenvalue weighted by atomic mass is 127. The van der Waals surface area contributed by atoms with Crippen molar-refractivity contribution in [3.63, 3.8) is 0 Å². The van der Waals surface area contributed by atoms with Gasteiger partial charge in [0.25, 0.3) is 0 Å². The monoisotopic (exact) mass is 565 g/mol. The van der Waals surface area contributed by atoms with Gasteiger partial charge in [-0.05, 0) is 61.6 Å². The molecule has 0 aromatic heterocycles. The van der Waals surface area contributed by atoms with Gasteiger partial charge in [0.15, 0.2) is 15.0 Å². The molecule has 30 heavy (non-hydrogen) atoms. The molecule has 0 unspecified atom stereocenters. The summed E-state index contributed by atoms with van der Waals surface area (Å²) >= 11 is 3.52. The fourth-order valence-electron chi connectivity index (χ4n) is 3.24. The highest BCUT2D eigenvalue weighted by Crippen LogP contribution is 2.41. The first-order valence-electron chi connectivity index (χ1n) is 9.44. The summed E-state index contributed by atoms with van der Waals surface area (Å²) in [4.78, 5) is 30.2. The first-order valence-corrected chi connectivity index (χ1v) is 13.2. The Morgan fingerprint density at radius 3 is 2.73 bits per heavy atom. The van der Waals surface area contributed by atoms with Crippen molar-refractivity contribution in [3.05, 3.63) is 27.8 Å². The number of amides is 2. The topological polar surface area (TPSA) is 105 Å². The van der Waals surface area contributed by atoms with E-state index in [4.69, 9.17) is 4.74 Å². The number of nitrogens with one attached hydrogen (secondary N) is 1. The lowest BCUT2D eigenvalue weighted by atomic mass is 10.2. The molecule has 1 aromatic rings. The van der Waals surface area contributed by atoms with E-state index in [1.807, 2.05) is 29.2 Å². The van der Waals surface area contributed by atoms with Crippen LogP contribution in [0, 0.1) is 3.57 Å². The van der Waals surface area contributed by atoms with Crippen LogP contribution in [0.3, 0.4) is 0 Å². The third-order valence-corrected chi connectivity index (χ3v) is 8.26. The van der Waals surface area contributed by atoms with Gasteiger partial charge in [0, 0.05) is 27.5 Å². The van der Waals surface area contributed by atoms with E-state index < -0.39 is 21.5 Å². The van der Waals surface area contributed by atoms with Crippen LogP contribution in [0.15, 0.2) is 29.3 Å². The third kappa shape index (κ3) is 6.10. The number of alkyl carbamates (subject to hydrolysis) is 1. The highest BCUT2D eigenvalue weighted by Gasteiger charge is 2.49. The number of carbonyl (C=O) groups excluding carboxylic acids is 2. The summed E-state index contributed by atoms with van der Waals surface area (Å²) in [5.74, 6) is -0.258. The Hall–Kier alpha value is -1.34. The fourth-order valence-corrected chi connectivity index (χ4v) is 7.70. The summed E-state index contributed by atoms with van der Waals surface area (Å²) in [5, 5.41) is 2.89. The molecular formula is C19H24IN3O5S2. The molecule has 0 bridgehead atoms. The Morgan fingerprint density at radius 1 is 1.33 bits per heavy atom. The van der Waals surface area contributed by atoms with E-state index in [2.05, 4.69) is 32.9 Å². The molecule has 2 heterocycles. The number of nitrogens with zero attached hydrogens (tertiary/aromatic N) is 2. The van der Waals surface area contributed by atoms with Crippen molar-refractivity contribution in [1.82, 2.24) is 5.32 Å². The highest BCUT2D eigenvalue weighted by molar-refractivity contribution is 14.1. The number of aliphatic imine (C=N–C) groups is 1. The van der Waals surface area contributed by atoms with Crippen molar-refractivity contribution in [3.8, 4) is 0 Å². The Morgan fingerprint density at radius 2 is 2.07 bits per heavy atom. The van der Waals surface area contributed by atoms with Gasteiger partial charge in [0.1, 0.15) is 5.60 Å². The molecule has 3 rings (SSSR count). The van der Waals surface area contributed by atoms with Gasteiger partial charge in [-0.1, -0.05) is 17.8 Å². The molecule has 2 atom stereocenters. The standard InChI is InChI=1S/C19H24IN3O5S2/c1-19(2,3)28-18(25)21-8-7-16(24)22-17-23(13-6-4-5-12(20)9-13)14-10-30(26,27)11-15(14)29-17/h4-6,9,14-15H,7-8,10-11H2,1-3H3,(H,21,25)/t14-,15-/m1/s1. The summed E-state index contributed by atoms with van der Waals surface area (Å²) in [6.45, 7) is 5.39. The maximum Gasteiger partial charge on any atom is 0.407 e. The number of rotatable bonds is 4. The summed E-state index contributed by atoms with van der Waals surface area (Å²) < 4.78 is 30.4. The van der Waals surface area contributed by atoms with Crippen molar-refractivity contribution < 1.29 is 22.7 Å². The molecule has 2 fully saturated rings. The fraction of sp³-hybridized carbons (Fsp3) is 0.526. The van der Waals surface area contributed by atoms with Crippen LogP contribution in [-0.2, 0) is 19.4 Å². The lowest BCUT2D eigenvalue weighted by Gasteiger charge is -2.24. The van der Waals surface area contributed by atoms with Gasteiger partial charge in [0.05, 0.1) is 17.5 Å². The van der Waals surface area contributed by atoms with Crippen LogP contribution in [0.1, 0.15) is 27.2 Å². The summed E-state index contributed by atoms with van der Waals surface area (Å²) in [6.07, 6.45) is -0.560. The van der Waals surface area contributed by atoms with E-state index in [-0.39, 0.29) is 41.7 Å². The molecule has 0 radical (unpaired) electrons. The number of thioether (sulfide) groups is 1. The molecule has 8 nitrogen and oxygen atoms in total. The zero-order valence-electron chi connectivity index (χ0n) is 16.9. The van der Waals surface area contributed by atoms with E-state index in [0.717, 1.165) is 9.26 Å². The molecule has 2 saturated heterocycles. The SMILES string of the molecule is CC(C)(C)OC(=O)NCCC(=O)N=C1S[C@@H]2CS(=O)(=O)C[C@H]2N1c1cccc(I)c1. The second kappa shape index (κ2) is 9.03. The first kappa shape index (κ1) is 23.3. The van der Waals surface area contributed by atoms with Gasteiger partial charge in [-0.2, -0.15) is 4.99 Å². The number of halogens is 1. The molecule has 1 N–H and O–H groups in total. The smallest absolute Gasteiger partial charge is 0.407 e. The molecule has 2 aliphatic rings. The lowest BCUT2D eigenvalue weighted by Crippen LogP contribution is -2.38. The predicted octanol–water partition coefficient (Wildman–Crippen LogP) is 2.81. The number of amidine groups is 1. The summed E-state index contributed by atoms with van der Waals surface area (Å²) in [7, 11) is -3.11. The summed E-state index contributed by atoms with van der Waals surface area (Å²) in [6, 6.07) is 7.42. The van der Waals surface area contributed by atoms with Gasteiger partial charge >= 0.3 is 6.09 Å². The quantitative estimate of drug-likeness (QED) is 0.560. The Labute approximate surface area is 194 Å². The van der Waals surface area contributed by atoms with Gasteiger partial charge in [-0.15, -0.1) is 0 Å². The third-order valence-electron chi connectivity index (χ3n) is 4.38. The van der Waals surface area contributed by atoms with Crippen molar-refractivity contribution >= 4 is 67.0 Å². The molecule has 11 heteroatoms. The summed E-state index contributed by atoms with van der Waals surface area (Å²) in [5.41, 5.74) is 0.207. The van der Waals surface area contributed by atoms with Crippen LogP contribution >= 0.6 is 34.4 Å². The second-order valence-corrected chi connectivity index (χ2v) is 12.7. The first-order chi connectivity index (χ1) is 13.9.